The van der Waals surface area contributed by atoms with E-state index in [0.717, 1.165) is 29.5 Å². The van der Waals surface area contributed by atoms with E-state index >= 15 is 0 Å². The van der Waals surface area contributed by atoms with Crippen LogP contribution in [-0.4, -0.2) is 46.3 Å². The van der Waals surface area contributed by atoms with E-state index in [2.05, 4.69) is 45.6 Å². The molecular weight excluding hydrogens is 400 g/mol. The summed E-state index contributed by atoms with van der Waals surface area (Å²) in [4.78, 5) is 36.3. The maximum Gasteiger partial charge on any atom is 0.274 e. The topological polar surface area (TPSA) is 75.2 Å². The van der Waals surface area contributed by atoms with E-state index in [1.807, 2.05) is 31.2 Å². The summed E-state index contributed by atoms with van der Waals surface area (Å²) in [6.07, 6.45) is 6.62. The van der Waals surface area contributed by atoms with Crippen molar-refractivity contribution in [3.05, 3.63) is 84.4 Å². The molecule has 6 heteroatoms. The van der Waals surface area contributed by atoms with Crippen molar-refractivity contribution >= 4 is 11.8 Å². The molecule has 32 heavy (non-hydrogen) atoms. The first-order chi connectivity index (χ1) is 15.6. The Bertz CT molecular complexity index is 1070. The van der Waals surface area contributed by atoms with Gasteiger partial charge in [-0.1, -0.05) is 54.6 Å². The Labute approximate surface area is 188 Å². The molecular formula is C26H28N4O2. The molecule has 2 aromatic carbocycles. The third-order valence-corrected chi connectivity index (χ3v) is 6.04. The summed E-state index contributed by atoms with van der Waals surface area (Å²) >= 11 is 0. The maximum atomic E-state index is 13.3. The number of piperidine rings is 1. The lowest BCUT2D eigenvalue weighted by Gasteiger charge is -2.41. The summed E-state index contributed by atoms with van der Waals surface area (Å²) < 4.78 is 0. The fourth-order valence-electron chi connectivity index (χ4n) is 4.52. The van der Waals surface area contributed by atoms with Crippen molar-refractivity contribution < 1.29 is 9.59 Å². The lowest BCUT2D eigenvalue weighted by Crippen LogP contribution is -2.54. The molecule has 2 heterocycles. The highest BCUT2D eigenvalue weighted by atomic mass is 16.2. The normalized spacial score (nSPS) is 18.2. The van der Waals surface area contributed by atoms with Gasteiger partial charge in [0.05, 0.1) is 11.6 Å². The number of benzene rings is 2. The molecule has 0 aliphatic carbocycles. The summed E-state index contributed by atoms with van der Waals surface area (Å²) in [5, 5.41) is 3.02. The Hall–Kier alpha value is -3.54. The molecule has 2 amide bonds. The molecule has 3 aromatic rings. The Morgan fingerprint density at radius 2 is 1.88 bits per heavy atom. The van der Waals surface area contributed by atoms with E-state index in [1.165, 1.54) is 12.4 Å². The van der Waals surface area contributed by atoms with Crippen LogP contribution in [0.2, 0.25) is 0 Å². The average Bonchev–Trinajstić information content (AvgIpc) is 2.85. The first-order valence-electron chi connectivity index (χ1n) is 11.1. The van der Waals surface area contributed by atoms with Crippen molar-refractivity contribution in [1.82, 2.24) is 20.2 Å². The van der Waals surface area contributed by atoms with Crippen LogP contribution in [0.5, 0.6) is 0 Å². The summed E-state index contributed by atoms with van der Waals surface area (Å²) in [6, 6.07) is 18.6. The van der Waals surface area contributed by atoms with Gasteiger partial charge in [-0.25, -0.2) is 4.98 Å². The maximum absolute atomic E-state index is 13.3. The van der Waals surface area contributed by atoms with Crippen LogP contribution in [0.4, 0.5) is 0 Å². The molecule has 1 unspecified atom stereocenters. The number of amides is 2. The first-order valence-corrected chi connectivity index (χ1v) is 11.1. The van der Waals surface area contributed by atoms with Crippen LogP contribution >= 0.6 is 0 Å². The van der Waals surface area contributed by atoms with E-state index in [0.29, 0.717) is 31.7 Å². The van der Waals surface area contributed by atoms with Gasteiger partial charge in [0.1, 0.15) is 5.69 Å². The number of nitrogens with zero attached hydrogens (tertiary/aromatic N) is 3. The van der Waals surface area contributed by atoms with Crippen LogP contribution < -0.4 is 5.32 Å². The lowest BCUT2D eigenvalue weighted by atomic mass is 9.74. The third kappa shape index (κ3) is 4.69. The second kappa shape index (κ2) is 9.73. The van der Waals surface area contributed by atoms with Gasteiger partial charge in [-0.2, -0.15) is 0 Å². The van der Waals surface area contributed by atoms with E-state index < -0.39 is 5.41 Å². The zero-order valence-corrected chi connectivity index (χ0v) is 18.3. The summed E-state index contributed by atoms with van der Waals surface area (Å²) in [6.45, 7) is 3.46. The van der Waals surface area contributed by atoms with Gasteiger partial charge in [-0.05, 0) is 42.9 Å². The highest BCUT2D eigenvalue weighted by molar-refractivity contribution is 5.93. The van der Waals surface area contributed by atoms with Gasteiger partial charge in [0.2, 0.25) is 5.91 Å². The SMILES string of the molecule is CCNC(=O)C1(Cc2cccc(-c3ccccc3)c2)CCCN(C(=O)c2cnccn2)C1. The quantitative estimate of drug-likeness (QED) is 0.649. The standard InChI is InChI=1S/C26H28N4O2/c1-2-28-25(32)26(12-7-15-30(19-26)24(31)23-18-27-13-14-29-23)17-20-8-6-11-22(16-20)21-9-4-3-5-10-21/h3-6,8-11,13-14,16,18H,2,7,12,15,17,19H2,1H3,(H,28,32). The van der Waals surface area contributed by atoms with Crippen molar-refractivity contribution in [2.75, 3.05) is 19.6 Å². The zero-order valence-electron chi connectivity index (χ0n) is 18.3. The van der Waals surface area contributed by atoms with Gasteiger partial charge < -0.3 is 10.2 Å². The van der Waals surface area contributed by atoms with Crippen molar-refractivity contribution in [1.29, 1.82) is 0 Å². The number of nitrogens with one attached hydrogen (secondary N) is 1. The number of rotatable bonds is 6. The molecule has 4 rings (SSSR count). The Morgan fingerprint density at radius 3 is 2.62 bits per heavy atom. The predicted molar refractivity (Wildman–Crippen MR) is 124 cm³/mol. The molecule has 164 valence electrons. The van der Waals surface area contributed by atoms with Gasteiger partial charge in [0, 0.05) is 32.0 Å². The van der Waals surface area contributed by atoms with E-state index in [1.54, 1.807) is 11.1 Å². The zero-order chi connectivity index (χ0) is 22.4. The van der Waals surface area contributed by atoms with Crippen LogP contribution in [-0.2, 0) is 11.2 Å². The van der Waals surface area contributed by atoms with E-state index in [9.17, 15) is 9.59 Å². The van der Waals surface area contributed by atoms with Gasteiger partial charge in [-0.3, -0.25) is 14.6 Å². The smallest absolute Gasteiger partial charge is 0.274 e. The number of carbonyl (C=O) groups is 2. The lowest BCUT2D eigenvalue weighted by molar-refractivity contribution is -0.133. The van der Waals surface area contributed by atoms with E-state index in [4.69, 9.17) is 0 Å². The molecule has 1 fully saturated rings. The predicted octanol–water partition coefficient (Wildman–Crippen LogP) is 3.74. The number of hydrogen-bond acceptors (Lipinski definition) is 4. The average molecular weight is 429 g/mol. The third-order valence-electron chi connectivity index (χ3n) is 6.04. The highest BCUT2D eigenvalue weighted by Gasteiger charge is 2.43. The minimum Gasteiger partial charge on any atom is -0.356 e. The molecule has 6 nitrogen and oxygen atoms in total. The molecule has 1 aliphatic heterocycles. The first kappa shape index (κ1) is 21.7. The number of carbonyl (C=O) groups excluding carboxylic acids is 2. The van der Waals surface area contributed by atoms with Crippen LogP contribution in [0.15, 0.2) is 73.2 Å². The fourth-order valence-corrected chi connectivity index (χ4v) is 4.52. The van der Waals surface area contributed by atoms with Gasteiger partial charge in [-0.15, -0.1) is 0 Å². The monoisotopic (exact) mass is 428 g/mol. The minimum atomic E-state index is -0.679. The minimum absolute atomic E-state index is 0.00163. The van der Waals surface area contributed by atoms with Gasteiger partial charge in [0.25, 0.3) is 5.91 Å². The summed E-state index contributed by atoms with van der Waals surface area (Å²) in [5.74, 6) is -0.175. The fraction of sp³-hybridized carbons (Fsp3) is 0.308. The Morgan fingerprint density at radius 1 is 1.06 bits per heavy atom. The molecule has 1 saturated heterocycles. The number of hydrogen-bond donors (Lipinski definition) is 1. The molecule has 1 aromatic heterocycles. The molecule has 0 saturated carbocycles. The second-order valence-electron chi connectivity index (χ2n) is 8.30. The molecule has 1 atom stereocenters. The molecule has 0 bridgehead atoms. The van der Waals surface area contributed by atoms with Crippen molar-refractivity contribution in [3.63, 3.8) is 0 Å². The van der Waals surface area contributed by atoms with Crippen molar-refractivity contribution in [2.45, 2.75) is 26.2 Å². The van der Waals surface area contributed by atoms with Crippen molar-refractivity contribution in [3.8, 4) is 11.1 Å². The molecule has 1 N–H and O–H groups in total. The second-order valence-corrected chi connectivity index (χ2v) is 8.30. The van der Waals surface area contributed by atoms with Gasteiger partial charge >= 0.3 is 0 Å². The number of aromatic nitrogens is 2. The molecule has 1 aliphatic rings. The summed E-state index contributed by atoms with van der Waals surface area (Å²) in [7, 11) is 0. The van der Waals surface area contributed by atoms with E-state index in [-0.39, 0.29) is 11.8 Å². The van der Waals surface area contributed by atoms with Crippen LogP contribution in [0, 0.1) is 5.41 Å². The molecule has 0 radical (unpaired) electrons. The number of likely N-dealkylation sites (tertiary alicyclic amines) is 1. The Kier molecular flexibility index (Phi) is 6.59. The van der Waals surface area contributed by atoms with Crippen molar-refractivity contribution in [2.24, 2.45) is 5.41 Å². The Balaban J connectivity index is 1.62. The highest BCUT2D eigenvalue weighted by Crippen LogP contribution is 2.35. The molecule has 0 spiro atoms. The van der Waals surface area contributed by atoms with Crippen LogP contribution in [0.1, 0.15) is 35.8 Å². The largest absolute Gasteiger partial charge is 0.356 e. The van der Waals surface area contributed by atoms with Crippen LogP contribution in [0.25, 0.3) is 11.1 Å². The van der Waals surface area contributed by atoms with Gasteiger partial charge in [0.15, 0.2) is 0 Å². The van der Waals surface area contributed by atoms with Crippen LogP contribution in [0.3, 0.4) is 0 Å². The summed E-state index contributed by atoms with van der Waals surface area (Å²) in [5.41, 5.74) is 2.99.